The van der Waals surface area contributed by atoms with Gasteiger partial charge < -0.3 is 0 Å². The minimum absolute atomic E-state index is 0.257. The van der Waals surface area contributed by atoms with Crippen LogP contribution in [0, 0.1) is 5.92 Å². The topological polar surface area (TPSA) is 7.76 Å². The number of allylic oxidation sites excluding steroid dienone is 1. The highest BCUT2D eigenvalue weighted by molar-refractivity contribution is 6.89. The lowest BCUT2D eigenvalue weighted by Crippen LogP contribution is -2.49. The number of pyridine rings is 2. The third-order valence-corrected chi connectivity index (χ3v) is 13.3. The van der Waals surface area contributed by atoms with Crippen LogP contribution in [0.5, 0.6) is 0 Å². The summed E-state index contributed by atoms with van der Waals surface area (Å²) in [5.74, 6) is 0.799. The van der Waals surface area contributed by atoms with Gasteiger partial charge in [-0.3, -0.25) is 0 Å². The highest BCUT2D eigenvalue weighted by Gasteiger charge is 2.34. The summed E-state index contributed by atoms with van der Waals surface area (Å²) in [5, 5.41) is 1.60. The number of fused-ring (bicyclic) bond motifs is 6. The van der Waals surface area contributed by atoms with Crippen LogP contribution >= 0.6 is 0 Å². The predicted octanol–water partition coefficient (Wildman–Crippen LogP) is 10.5. The zero-order valence-corrected chi connectivity index (χ0v) is 31.2. The fourth-order valence-electron chi connectivity index (χ4n) is 8.51. The van der Waals surface area contributed by atoms with E-state index in [1.165, 1.54) is 89.0 Å². The van der Waals surface area contributed by atoms with Crippen molar-refractivity contribution in [3.8, 4) is 33.6 Å². The molecule has 1 aliphatic carbocycles. The Morgan fingerprint density at radius 3 is 1.98 bits per heavy atom. The molecule has 1 aliphatic heterocycles. The first-order chi connectivity index (χ1) is 23.8. The SMILES string of the molecule is C=C1CC(CC)[n+]2cc(-c3ccccc3)ccc2-c2ccccc2CCc2ccccc2-c2cc(CC3CCCCC3)c([Si](C)(C)C)c[n+]21. The summed E-state index contributed by atoms with van der Waals surface area (Å²) in [6.45, 7) is 14.8. The summed E-state index contributed by atoms with van der Waals surface area (Å²) in [4.78, 5) is 0. The molecule has 0 amide bonds. The Morgan fingerprint density at radius 1 is 0.694 bits per heavy atom. The number of hydrogen-bond donors (Lipinski definition) is 0. The molecule has 3 heteroatoms. The molecule has 2 nitrogen and oxygen atoms in total. The smallest absolute Gasteiger partial charge is 0.194 e. The molecule has 0 N–H and O–H groups in total. The standard InChI is InChI=1S/C46H54N2Si/c1-6-41-29-34(2)47-33-46(49(3,4)5)40(30-35-17-9-7-10-18-35)31-45(47)43-24-16-14-22-38(43)26-25-37-21-13-15-23-42(37)44-28-27-39(32-48(41)44)36-19-11-8-12-20-36/h8,11-16,19-24,27-28,31-33,35,41H,2,6-7,9-10,17-18,25-26,29-30H2,1,3-5H3/q+2. The lowest BCUT2D eigenvalue weighted by Gasteiger charge is -2.26. The van der Waals surface area contributed by atoms with Crippen molar-refractivity contribution in [1.82, 2.24) is 0 Å². The first-order valence-corrected chi connectivity index (χ1v) is 22.3. The summed E-state index contributed by atoms with van der Waals surface area (Å²) < 4.78 is 5.10. The van der Waals surface area contributed by atoms with Crippen LogP contribution in [0.4, 0.5) is 0 Å². The molecule has 2 aliphatic rings. The van der Waals surface area contributed by atoms with Crippen molar-refractivity contribution in [3.63, 3.8) is 0 Å². The van der Waals surface area contributed by atoms with Gasteiger partial charge in [0.1, 0.15) is 0 Å². The third kappa shape index (κ3) is 7.15. The van der Waals surface area contributed by atoms with Gasteiger partial charge in [-0.1, -0.05) is 125 Å². The average Bonchev–Trinajstić information content (AvgIpc) is 3.13. The van der Waals surface area contributed by atoms with E-state index < -0.39 is 8.07 Å². The van der Waals surface area contributed by atoms with Gasteiger partial charge in [-0.15, -0.1) is 0 Å². The normalized spacial score (nSPS) is 17.1. The molecule has 0 spiro atoms. The van der Waals surface area contributed by atoms with E-state index in [4.69, 9.17) is 6.58 Å². The second-order valence-corrected chi connectivity index (χ2v) is 20.7. The Kier molecular flexibility index (Phi) is 9.83. The quantitative estimate of drug-likeness (QED) is 0.131. The number of aryl methyl sites for hydroxylation is 2. The van der Waals surface area contributed by atoms with Gasteiger partial charge in [0.05, 0.1) is 14.5 Å². The van der Waals surface area contributed by atoms with Crippen LogP contribution in [-0.2, 0) is 19.3 Å². The van der Waals surface area contributed by atoms with E-state index in [0.717, 1.165) is 31.6 Å². The molecule has 2 aromatic heterocycles. The minimum Gasteiger partial charge on any atom is -0.194 e. The second-order valence-electron chi connectivity index (χ2n) is 15.6. The largest absolute Gasteiger partial charge is 0.218 e. The van der Waals surface area contributed by atoms with E-state index in [1.807, 2.05) is 0 Å². The van der Waals surface area contributed by atoms with Crippen LogP contribution in [0.15, 0.2) is 116 Å². The molecule has 1 unspecified atom stereocenters. The van der Waals surface area contributed by atoms with E-state index >= 15 is 0 Å². The first-order valence-electron chi connectivity index (χ1n) is 18.8. The maximum absolute atomic E-state index is 4.91. The lowest BCUT2D eigenvalue weighted by molar-refractivity contribution is -0.714. The fourth-order valence-corrected chi connectivity index (χ4v) is 10.2. The second kappa shape index (κ2) is 14.4. The van der Waals surface area contributed by atoms with Crippen LogP contribution in [0.2, 0.25) is 19.6 Å². The zero-order valence-electron chi connectivity index (χ0n) is 30.2. The molecule has 3 aromatic carbocycles. The van der Waals surface area contributed by atoms with E-state index in [0.29, 0.717) is 0 Å². The molecule has 0 radical (unpaired) electrons. The molecule has 250 valence electrons. The molecule has 1 saturated carbocycles. The number of benzene rings is 3. The molecule has 49 heavy (non-hydrogen) atoms. The Morgan fingerprint density at radius 2 is 1.33 bits per heavy atom. The molecule has 7 rings (SSSR count). The van der Waals surface area contributed by atoms with Crippen molar-refractivity contribution in [2.75, 3.05) is 0 Å². The van der Waals surface area contributed by atoms with E-state index in [1.54, 1.807) is 10.8 Å². The molecule has 3 heterocycles. The number of rotatable bonds is 5. The molecule has 0 saturated heterocycles. The van der Waals surface area contributed by atoms with Gasteiger partial charge in [-0.25, -0.2) is 0 Å². The van der Waals surface area contributed by atoms with Gasteiger partial charge in [0.25, 0.3) is 0 Å². The molecule has 5 aromatic rings. The number of nitrogens with zero attached hydrogens (tertiary/aromatic N) is 2. The third-order valence-electron chi connectivity index (χ3n) is 11.2. The van der Waals surface area contributed by atoms with Crippen molar-refractivity contribution < 1.29 is 9.13 Å². The van der Waals surface area contributed by atoms with Crippen molar-refractivity contribution in [2.45, 2.75) is 96.8 Å². The summed E-state index contributed by atoms with van der Waals surface area (Å²) in [7, 11) is -1.66. The maximum Gasteiger partial charge on any atom is 0.218 e. The molecular formula is C46H54N2Si+2. The Balaban J connectivity index is 1.43. The summed E-state index contributed by atoms with van der Waals surface area (Å²) >= 11 is 0. The van der Waals surface area contributed by atoms with Crippen LogP contribution in [0.1, 0.15) is 74.6 Å². The molecular weight excluding hydrogens is 609 g/mol. The molecule has 1 fully saturated rings. The van der Waals surface area contributed by atoms with E-state index in [2.05, 4.69) is 145 Å². The average molecular weight is 663 g/mol. The van der Waals surface area contributed by atoms with Gasteiger partial charge in [0.15, 0.2) is 24.1 Å². The maximum atomic E-state index is 4.91. The number of aromatic nitrogens is 2. The van der Waals surface area contributed by atoms with E-state index in [9.17, 15) is 0 Å². The van der Waals surface area contributed by atoms with Crippen molar-refractivity contribution >= 4 is 19.0 Å². The van der Waals surface area contributed by atoms with Gasteiger partial charge >= 0.3 is 0 Å². The fraction of sp³-hybridized carbons (Fsp3) is 0.348. The van der Waals surface area contributed by atoms with Crippen molar-refractivity contribution in [2.24, 2.45) is 5.92 Å². The van der Waals surface area contributed by atoms with Gasteiger partial charge in [0.2, 0.25) is 11.4 Å². The van der Waals surface area contributed by atoms with Crippen LogP contribution in [-0.4, -0.2) is 8.07 Å². The van der Waals surface area contributed by atoms with Crippen LogP contribution < -0.4 is 14.3 Å². The summed E-state index contributed by atoms with van der Waals surface area (Å²) in [6, 6.07) is 36.7. The van der Waals surface area contributed by atoms with Crippen molar-refractivity contribution in [3.05, 3.63) is 133 Å². The van der Waals surface area contributed by atoms with Crippen LogP contribution in [0.3, 0.4) is 0 Å². The first kappa shape index (κ1) is 33.4. The monoisotopic (exact) mass is 662 g/mol. The highest BCUT2D eigenvalue weighted by Crippen LogP contribution is 2.33. The molecule has 1 atom stereocenters. The molecule has 0 bridgehead atoms. The van der Waals surface area contributed by atoms with Gasteiger partial charge in [-0.2, -0.15) is 9.13 Å². The zero-order chi connectivity index (χ0) is 34.0. The van der Waals surface area contributed by atoms with E-state index in [-0.39, 0.29) is 6.04 Å². The predicted molar refractivity (Wildman–Crippen MR) is 210 cm³/mol. The minimum atomic E-state index is -1.66. The summed E-state index contributed by atoms with van der Waals surface area (Å²) in [6.07, 6.45) is 17.0. The van der Waals surface area contributed by atoms with Gasteiger partial charge in [0, 0.05) is 40.4 Å². The van der Waals surface area contributed by atoms with Crippen molar-refractivity contribution in [1.29, 1.82) is 0 Å². The highest BCUT2D eigenvalue weighted by atomic mass is 28.3. The number of hydrogen-bond acceptors (Lipinski definition) is 0. The van der Waals surface area contributed by atoms with Gasteiger partial charge in [-0.05, 0) is 72.2 Å². The Bertz CT molecular complexity index is 1940. The Labute approximate surface area is 296 Å². The summed E-state index contributed by atoms with van der Waals surface area (Å²) in [5.41, 5.74) is 13.4. The Hall–Kier alpha value is -4.08. The van der Waals surface area contributed by atoms with Crippen LogP contribution in [0.25, 0.3) is 39.3 Å². The lowest BCUT2D eigenvalue weighted by atomic mass is 9.84.